The first kappa shape index (κ1) is 24.0. The zero-order valence-electron chi connectivity index (χ0n) is 21.7. The first-order chi connectivity index (χ1) is 19.4. The number of nitrogens with two attached hydrogens (primary N) is 2. The number of amides is 1. The maximum absolute atomic E-state index is 13.3. The summed E-state index contributed by atoms with van der Waals surface area (Å²) in [5.74, 6) is 0.917. The first-order valence-corrected chi connectivity index (χ1v) is 13.2. The molecule has 3 atom stereocenters. The number of H-pyrrole nitrogens is 2. The fraction of sp³-hybridized carbons (Fsp3) is 0.296. The lowest BCUT2D eigenvalue weighted by atomic mass is 9.85. The van der Waals surface area contributed by atoms with Gasteiger partial charge in [0.2, 0.25) is 0 Å². The van der Waals surface area contributed by atoms with Gasteiger partial charge in [0.25, 0.3) is 5.91 Å². The smallest absolute Gasteiger partial charge is 0.272 e. The Morgan fingerprint density at radius 1 is 1.07 bits per heavy atom. The van der Waals surface area contributed by atoms with E-state index in [-0.39, 0.29) is 41.3 Å². The van der Waals surface area contributed by atoms with Crippen LogP contribution in [0.4, 0.5) is 11.6 Å². The number of piperidine rings is 1. The third-order valence-electron chi connectivity index (χ3n) is 8.06. The Balaban J connectivity index is 1.25. The molecule has 40 heavy (non-hydrogen) atoms. The van der Waals surface area contributed by atoms with Crippen LogP contribution in [0.2, 0.25) is 0 Å². The summed E-state index contributed by atoms with van der Waals surface area (Å²) in [5, 5.41) is 11.1. The van der Waals surface area contributed by atoms with Crippen LogP contribution in [0, 0.1) is 0 Å². The number of carbonyl (C=O) groups is 2. The van der Waals surface area contributed by atoms with Crippen LogP contribution in [-0.4, -0.2) is 68.4 Å². The van der Waals surface area contributed by atoms with E-state index in [9.17, 15) is 9.59 Å². The van der Waals surface area contributed by atoms with Gasteiger partial charge in [0.05, 0.1) is 17.5 Å². The van der Waals surface area contributed by atoms with Gasteiger partial charge < -0.3 is 21.4 Å². The minimum Gasteiger partial charge on any atom is -0.383 e. The molecule has 7 heterocycles. The molecule has 0 spiro atoms. The number of ketones is 1. The molecule has 1 amide bonds. The monoisotopic (exact) mass is 537 g/mol. The quantitative estimate of drug-likeness (QED) is 0.244. The highest BCUT2D eigenvalue weighted by Gasteiger charge is 2.45. The Bertz CT molecular complexity index is 1740. The summed E-state index contributed by atoms with van der Waals surface area (Å²) in [6, 6.07) is 5.41. The lowest BCUT2D eigenvalue weighted by Gasteiger charge is -2.39. The fourth-order valence-corrected chi connectivity index (χ4v) is 6.31. The van der Waals surface area contributed by atoms with Gasteiger partial charge in [-0.15, -0.1) is 0 Å². The molecular formula is C27H27N11O2. The third kappa shape index (κ3) is 3.73. The molecule has 6 N–H and O–H groups in total. The van der Waals surface area contributed by atoms with Crippen LogP contribution in [0.5, 0.6) is 0 Å². The first-order valence-electron chi connectivity index (χ1n) is 13.2. The highest BCUT2D eigenvalue weighted by Crippen LogP contribution is 2.45. The van der Waals surface area contributed by atoms with Crippen LogP contribution in [0.15, 0.2) is 43.0 Å². The summed E-state index contributed by atoms with van der Waals surface area (Å²) in [4.78, 5) is 45.0. The van der Waals surface area contributed by atoms with Crippen LogP contribution in [-0.2, 0) is 0 Å². The molecule has 2 bridgehead atoms. The molecule has 7 rings (SSSR count). The number of anilines is 2. The van der Waals surface area contributed by atoms with Gasteiger partial charge in [0, 0.05) is 53.8 Å². The zero-order valence-corrected chi connectivity index (χ0v) is 21.7. The van der Waals surface area contributed by atoms with E-state index in [1.54, 1.807) is 30.9 Å². The summed E-state index contributed by atoms with van der Waals surface area (Å²) >= 11 is 0. The standard InChI is InChI=1S/C27H27N11O2/c1-13(39)22-23(15-8-16-3-4-17(9-15)37(16)27(40)20-10-21(28)36-35-20)34-26-18(12-33-38(26)24(22)29)14-2-5-19(32-11-14)25-30-6-7-31-25/h2,5-7,10-12,15-17H,3-4,8-9,29H2,1H3,(H,30,31)(H3,28,35,36)/t15?,16-,17+. The van der Waals surface area contributed by atoms with Crippen LogP contribution in [0.1, 0.15) is 65.1 Å². The second-order valence-corrected chi connectivity index (χ2v) is 10.4. The number of nitrogens with zero attached hydrogens (tertiary/aromatic N) is 7. The molecule has 0 aromatic carbocycles. The molecule has 13 nitrogen and oxygen atoms in total. The van der Waals surface area contributed by atoms with Crippen molar-refractivity contribution in [1.29, 1.82) is 0 Å². The number of hydrogen-bond donors (Lipinski definition) is 4. The highest BCUT2D eigenvalue weighted by atomic mass is 16.2. The molecule has 2 aliphatic heterocycles. The van der Waals surface area contributed by atoms with E-state index in [4.69, 9.17) is 16.5 Å². The zero-order chi connectivity index (χ0) is 27.5. The third-order valence-corrected chi connectivity index (χ3v) is 8.06. The number of Topliss-reactive ketones (excluding diaryl/α,β-unsaturated/α-hetero) is 1. The Kier molecular flexibility index (Phi) is 5.40. The second kappa shape index (κ2) is 9.00. The lowest BCUT2D eigenvalue weighted by Crippen LogP contribution is -2.46. The molecule has 2 saturated heterocycles. The minimum atomic E-state index is -0.165. The number of imidazole rings is 1. The number of aromatic nitrogens is 8. The summed E-state index contributed by atoms with van der Waals surface area (Å²) in [6.07, 6.45) is 9.99. The molecule has 202 valence electrons. The van der Waals surface area contributed by atoms with Gasteiger partial charge in [-0.05, 0) is 38.7 Å². The molecule has 5 aromatic rings. The number of hydrogen-bond acceptors (Lipinski definition) is 9. The van der Waals surface area contributed by atoms with Crippen molar-refractivity contribution in [3.63, 3.8) is 0 Å². The number of rotatable bonds is 5. The van der Waals surface area contributed by atoms with Crippen LogP contribution < -0.4 is 11.5 Å². The minimum absolute atomic E-state index is 0.0163. The van der Waals surface area contributed by atoms with Crippen LogP contribution in [0.3, 0.4) is 0 Å². The highest BCUT2D eigenvalue weighted by molar-refractivity contribution is 6.00. The topological polar surface area (TPSA) is 190 Å². The average molecular weight is 538 g/mol. The SMILES string of the molecule is CC(=O)c1c(C2C[C@H]3CC[C@@H](C2)N3C(=O)c2cc(N)n[nH]2)nc2c(-c3ccc(-c4ncc[nH]4)nc3)cnn2c1N. The maximum atomic E-state index is 13.3. The molecule has 13 heteroatoms. The lowest BCUT2D eigenvalue weighted by molar-refractivity contribution is 0.0562. The van der Waals surface area contributed by atoms with Crippen molar-refractivity contribution in [2.45, 2.75) is 50.6 Å². The predicted molar refractivity (Wildman–Crippen MR) is 146 cm³/mol. The van der Waals surface area contributed by atoms with Gasteiger partial charge in [-0.3, -0.25) is 19.7 Å². The van der Waals surface area contributed by atoms with E-state index >= 15 is 0 Å². The molecule has 0 radical (unpaired) electrons. The molecular weight excluding hydrogens is 510 g/mol. The van der Waals surface area contributed by atoms with Gasteiger partial charge in [-0.2, -0.15) is 14.7 Å². The van der Waals surface area contributed by atoms with E-state index in [0.717, 1.165) is 24.0 Å². The number of aromatic amines is 2. The Morgan fingerprint density at radius 2 is 1.88 bits per heavy atom. The largest absolute Gasteiger partial charge is 0.383 e. The van der Waals surface area contributed by atoms with E-state index in [2.05, 4.69) is 30.2 Å². The van der Waals surface area contributed by atoms with Crippen molar-refractivity contribution < 1.29 is 9.59 Å². The summed E-state index contributed by atoms with van der Waals surface area (Å²) in [7, 11) is 0. The summed E-state index contributed by atoms with van der Waals surface area (Å²) in [6.45, 7) is 1.50. The molecule has 2 aliphatic rings. The van der Waals surface area contributed by atoms with Gasteiger partial charge in [0.1, 0.15) is 23.0 Å². The van der Waals surface area contributed by atoms with Gasteiger partial charge in [-0.1, -0.05) is 6.07 Å². The number of carbonyl (C=O) groups excluding carboxylic acids is 2. The van der Waals surface area contributed by atoms with E-state index in [1.807, 2.05) is 17.0 Å². The Morgan fingerprint density at radius 3 is 2.50 bits per heavy atom. The van der Waals surface area contributed by atoms with E-state index in [0.29, 0.717) is 47.0 Å². The Hall–Kier alpha value is -5.07. The number of nitrogens with one attached hydrogen (secondary N) is 2. The van der Waals surface area contributed by atoms with Crippen molar-refractivity contribution >= 4 is 29.0 Å². The number of pyridine rings is 1. The summed E-state index contributed by atoms with van der Waals surface area (Å²) < 4.78 is 1.52. The van der Waals surface area contributed by atoms with E-state index < -0.39 is 0 Å². The van der Waals surface area contributed by atoms with Crippen molar-refractivity contribution in [3.05, 3.63) is 59.9 Å². The van der Waals surface area contributed by atoms with Crippen molar-refractivity contribution in [2.75, 3.05) is 11.5 Å². The summed E-state index contributed by atoms with van der Waals surface area (Å²) in [5.41, 5.74) is 16.6. The van der Waals surface area contributed by atoms with Crippen molar-refractivity contribution in [3.8, 4) is 22.6 Å². The molecule has 2 fully saturated rings. The maximum Gasteiger partial charge on any atom is 0.272 e. The molecule has 0 aliphatic carbocycles. The van der Waals surface area contributed by atoms with Gasteiger partial charge >= 0.3 is 0 Å². The van der Waals surface area contributed by atoms with Crippen LogP contribution >= 0.6 is 0 Å². The van der Waals surface area contributed by atoms with Crippen molar-refractivity contribution in [2.24, 2.45) is 0 Å². The second-order valence-electron chi connectivity index (χ2n) is 10.4. The van der Waals surface area contributed by atoms with Crippen LogP contribution in [0.25, 0.3) is 28.3 Å². The van der Waals surface area contributed by atoms with Crippen molar-refractivity contribution in [1.82, 2.24) is 44.6 Å². The number of nitrogen functional groups attached to an aromatic ring is 2. The normalized spacial score (nSPS) is 20.3. The fourth-order valence-electron chi connectivity index (χ4n) is 6.31. The Labute approximate surface area is 228 Å². The van der Waals surface area contributed by atoms with Gasteiger partial charge in [-0.25, -0.2) is 9.97 Å². The number of fused-ring (bicyclic) bond motifs is 3. The average Bonchev–Trinajstić information content (AvgIpc) is 3.75. The molecule has 1 unspecified atom stereocenters. The van der Waals surface area contributed by atoms with Gasteiger partial charge in [0.15, 0.2) is 17.3 Å². The predicted octanol–water partition coefficient (Wildman–Crippen LogP) is 2.82. The molecule has 5 aromatic heterocycles. The molecule has 0 saturated carbocycles. The van der Waals surface area contributed by atoms with E-state index in [1.165, 1.54) is 11.4 Å².